The van der Waals surface area contributed by atoms with Crippen molar-refractivity contribution in [3.8, 4) is 16.9 Å². The van der Waals surface area contributed by atoms with E-state index in [-0.39, 0.29) is 12.0 Å². The average Bonchev–Trinajstić information content (AvgIpc) is 3.10. The Morgan fingerprint density at radius 2 is 1.55 bits per heavy atom. The minimum Gasteiger partial charge on any atom is -0.491 e. The third kappa shape index (κ3) is 4.97. The molecule has 158 valence electrons. The van der Waals surface area contributed by atoms with Crippen LogP contribution >= 0.6 is 0 Å². The lowest BCUT2D eigenvalue weighted by molar-refractivity contribution is 0.144. The van der Waals surface area contributed by atoms with Crippen molar-refractivity contribution in [3.63, 3.8) is 0 Å². The van der Waals surface area contributed by atoms with Gasteiger partial charge in [0.05, 0.1) is 6.10 Å². The largest absolute Gasteiger partial charge is 0.491 e. The van der Waals surface area contributed by atoms with Crippen molar-refractivity contribution in [2.45, 2.75) is 25.9 Å². The number of hydrogen-bond donors (Lipinski definition) is 1. The van der Waals surface area contributed by atoms with Gasteiger partial charge in [-0.15, -0.1) is 0 Å². The van der Waals surface area contributed by atoms with Crippen LogP contribution in [-0.2, 0) is 4.74 Å². The third-order valence-electron chi connectivity index (χ3n) is 5.27. The van der Waals surface area contributed by atoms with Gasteiger partial charge in [-0.05, 0) is 53.8 Å². The maximum Gasteiger partial charge on any atom is 0.407 e. The van der Waals surface area contributed by atoms with Crippen LogP contribution < -0.4 is 10.1 Å². The monoisotopic (exact) mass is 413 g/mol. The standard InChI is InChI=1S/C27H27NO3/c1-19(2)31-21-15-13-20(14-16-21)8-7-17-28-27(29)30-18-26-24-11-5-3-9-22(24)23-10-4-6-12-25(23)26/h3-16,19,26H,17-18H2,1-2H3,(H,28,29). The highest BCUT2D eigenvalue weighted by Gasteiger charge is 2.28. The van der Waals surface area contributed by atoms with Crippen molar-refractivity contribution in [2.75, 3.05) is 13.2 Å². The van der Waals surface area contributed by atoms with E-state index in [0.717, 1.165) is 11.3 Å². The van der Waals surface area contributed by atoms with Gasteiger partial charge in [0.1, 0.15) is 12.4 Å². The number of rotatable bonds is 7. The highest BCUT2D eigenvalue weighted by atomic mass is 16.5. The summed E-state index contributed by atoms with van der Waals surface area (Å²) in [6.07, 6.45) is 3.61. The lowest BCUT2D eigenvalue weighted by atomic mass is 9.98. The van der Waals surface area contributed by atoms with Crippen molar-refractivity contribution < 1.29 is 14.3 Å². The molecular weight excluding hydrogens is 386 g/mol. The Kier molecular flexibility index (Phi) is 6.37. The van der Waals surface area contributed by atoms with E-state index in [4.69, 9.17) is 9.47 Å². The van der Waals surface area contributed by atoms with Crippen LogP contribution in [0.1, 0.15) is 36.5 Å². The fourth-order valence-corrected chi connectivity index (χ4v) is 3.92. The summed E-state index contributed by atoms with van der Waals surface area (Å²) < 4.78 is 11.2. The number of amides is 1. The lowest BCUT2D eigenvalue weighted by Crippen LogP contribution is -2.26. The molecule has 1 amide bonds. The second-order valence-electron chi connectivity index (χ2n) is 7.84. The quantitative estimate of drug-likeness (QED) is 0.515. The molecule has 4 nitrogen and oxygen atoms in total. The Bertz CT molecular complexity index is 1020. The van der Waals surface area contributed by atoms with Gasteiger partial charge in [-0.2, -0.15) is 0 Å². The molecule has 0 saturated heterocycles. The normalized spacial score (nSPS) is 12.6. The Morgan fingerprint density at radius 1 is 0.935 bits per heavy atom. The Balaban J connectivity index is 1.28. The maximum atomic E-state index is 12.2. The van der Waals surface area contributed by atoms with Gasteiger partial charge in [0.15, 0.2) is 0 Å². The molecule has 1 aliphatic rings. The zero-order chi connectivity index (χ0) is 21.6. The molecule has 1 N–H and O–H groups in total. The summed E-state index contributed by atoms with van der Waals surface area (Å²) in [7, 11) is 0. The van der Waals surface area contributed by atoms with Gasteiger partial charge in [0, 0.05) is 12.5 Å². The van der Waals surface area contributed by atoms with E-state index in [2.05, 4.69) is 29.6 Å². The second kappa shape index (κ2) is 9.52. The number of alkyl carbamates (subject to hydrolysis) is 1. The first-order valence-corrected chi connectivity index (χ1v) is 10.6. The molecule has 0 spiro atoms. The maximum absolute atomic E-state index is 12.2. The van der Waals surface area contributed by atoms with Crippen LogP contribution in [0.25, 0.3) is 17.2 Å². The number of fused-ring (bicyclic) bond motifs is 3. The number of carbonyl (C=O) groups excluding carboxylic acids is 1. The molecule has 3 aromatic rings. The highest BCUT2D eigenvalue weighted by Crippen LogP contribution is 2.44. The minimum absolute atomic E-state index is 0.0697. The SMILES string of the molecule is CC(C)Oc1ccc(C=CCNC(=O)OCC2c3ccccc3-c3ccccc32)cc1. The lowest BCUT2D eigenvalue weighted by Gasteiger charge is -2.14. The van der Waals surface area contributed by atoms with Crippen LogP contribution in [0.2, 0.25) is 0 Å². The topological polar surface area (TPSA) is 47.6 Å². The molecule has 0 aromatic heterocycles. The molecule has 0 aliphatic heterocycles. The van der Waals surface area contributed by atoms with E-state index >= 15 is 0 Å². The van der Waals surface area contributed by atoms with Gasteiger partial charge >= 0.3 is 6.09 Å². The summed E-state index contributed by atoms with van der Waals surface area (Å²) in [6.45, 7) is 4.73. The first kappa shape index (κ1) is 20.7. The smallest absolute Gasteiger partial charge is 0.407 e. The summed E-state index contributed by atoms with van der Waals surface area (Å²) in [5.41, 5.74) is 5.91. The molecule has 0 bridgehead atoms. The summed E-state index contributed by atoms with van der Waals surface area (Å²) in [4.78, 5) is 12.2. The van der Waals surface area contributed by atoms with Crippen molar-refractivity contribution in [1.82, 2.24) is 5.32 Å². The van der Waals surface area contributed by atoms with Crippen LogP contribution in [0.5, 0.6) is 5.75 Å². The van der Waals surface area contributed by atoms with E-state index in [1.165, 1.54) is 22.3 Å². The van der Waals surface area contributed by atoms with Crippen molar-refractivity contribution in [1.29, 1.82) is 0 Å². The van der Waals surface area contributed by atoms with Crippen LogP contribution in [-0.4, -0.2) is 25.3 Å². The minimum atomic E-state index is -0.410. The van der Waals surface area contributed by atoms with E-state index in [0.29, 0.717) is 13.2 Å². The fraction of sp³-hybridized carbons (Fsp3) is 0.222. The zero-order valence-corrected chi connectivity index (χ0v) is 17.9. The predicted octanol–water partition coefficient (Wildman–Crippen LogP) is 6.03. The summed E-state index contributed by atoms with van der Waals surface area (Å²) in [6, 6.07) is 24.5. The van der Waals surface area contributed by atoms with Crippen LogP contribution in [0.4, 0.5) is 4.79 Å². The zero-order valence-electron chi connectivity index (χ0n) is 17.9. The van der Waals surface area contributed by atoms with Crippen molar-refractivity contribution in [3.05, 3.63) is 95.6 Å². The highest BCUT2D eigenvalue weighted by molar-refractivity contribution is 5.79. The molecule has 0 saturated carbocycles. The molecule has 0 fully saturated rings. The van der Waals surface area contributed by atoms with Gasteiger partial charge in [0.25, 0.3) is 0 Å². The van der Waals surface area contributed by atoms with Crippen LogP contribution in [0.3, 0.4) is 0 Å². The molecule has 4 heteroatoms. The average molecular weight is 414 g/mol. The Labute approximate surface area is 183 Å². The van der Waals surface area contributed by atoms with Gasteiger partial charge in [-0.1, -0.05) is 72.8 Å². The second-order valence-corrected chi connectivity index (χ2v) is 7.84. The van der Waals surface area contributed by atoms with Gasteiger partial charge in [-0.3, -0.25) is 0 Å². The Hall–Kier alpha value is -3.53. The fourth-order valence-electron chi connectivity index (χ4n) is 3.92. The van der Waals surface area contributed by atoms with E-state index in [9.17, 15) is 4.79 Å². The number of benzene rings is 3. The molecule has 4 rings (SSSR count). The third-order valence-corrected chi connectivity index (χ3v) is 5.27. The number of hydrogen-bond acceptors (Lipinski definition) is 3. The predicted molar refractivity (Wildman–Crippen MR) is 124 cm³/mol. The summed E-state index contributed by atoms with van der Waals surface area (Å²) in [5.74, 6) is 0.921. The number of carbonyl (C=O) groups is 1. The summed E-state index contributed by atoms with van der Waals surface area (Å²) >= 11 is 0. The summed E-state index contributed by atoms with van der Waals surface area (Å²) in [5, 5.41) is 2.79. The molecule has 0 heterocycles. The first-order valence-electron chi connectivity index (χ1n) is 10.6. The Morgan fingerprint density at radius 3 is 2.16 bits per heavy atom. The van der Waals surface area contributed by atoms with Gasteiger partial charge in [0.2, 0.25) is 0 Å². The molecular formula is C27H27NO3. The number of nitrogens with one attached hydrogen (secondary N) is 1. The first-order chi connectivity index (χ1) is 15.1. The molecule has 1 aliphatic carbocycles. The van der Waals surface area contributed by atoms with E-state index in [1.54, 1.807) is 0 Å². The van der Waals surface area contributed by atoms with Gasteiger partial charge in [-0.25, -0.2) is 4.79 Å². The van der Waals surface area contributed by atoms with Gasteiger partial charge < -0.3 is 14.8 Å². The molecule has 0 unspecified atom stereocenters. The van der Waals surface area contributed by atoms with E-state index < -0.39 is 6.09 Å². The molecule has 31 heavy (non-hydrogen) atoms. The van der Waals surface area contributed by atoms with Crippen LogP contribution in [0, 0.1) is 0 Å². The molecule has 3 aromatic carbocycles. The molecule has 0 atom stereocenters. The van der Waals surface area contributed by atoms with Crippen LogP contribution in [0.15, 0.2) is 78.9 Å². The van der Waals surface area contributed by atoms with Crippen molar-refractivity contribution >= 4 is 12.2 Å². The van der Waals surface area contributed by atoms with E-state index in [1.807, 2.05) is 74.5 Å². The van der Waals surface area contributed by atoms with Crippen molar-refractivity contribution in [2.24, 2.45) is 0 Å². The number of ether oxygens (including phenoxy) is 2. The molecule has 0 radical (unpaired) electrons.